The molecule has 1 N–H and O–H groups in total. The Morgan fingerprint density at radius 3 is 2.31 bits per heavy atom. The number of carbonyl (C=O) groups excluding carboxylic acids is 1. The summed E-state index contributed by atoms with van der Waals surface area (Å²) in [5.74, 6) is 0. The maximum Gasteiger partial charge on any atom is 0.321 e. The van der Waals surface area contributed by atoms with Gasteiger partial charge in [-0.1, -0.05) is 41.9 Å². The predicted molar refractivity (Wildman–Crippen MR) is 120 cm³/mol. The maximum absolute atomic E-state index is 12.9. The number of benzene rings is 2. The van der Waals surface area contributed by atoms with E-state index in [0.29, 0.717) is 13.1 Å². The van der Waals surface area contributed by atoms with Gasteiger partial charge in [0, 0.05) is 50.3 Å². The van der Waals surface area contributed by atoms with Crippen LogP contribution in [0.1, 0.15) is 31.4 Å². The van der Waals surface area contributed by atoms with Gasteiger partial charge >= 0.3 is 6.03 Å². The zero-order chi connectivity index (χ0) is 20.2. The SMILES string of the molecule is C[C@H](c1ccccc1Cl)N1CCN(C(=O)Nc2ccccc2N2CCCC2)CC1. The van der Waals surface area contributed by atoms with Gasteiger partial charge in [0.15, 0.2) is 0 Å². The third kappa shape index (κ3) is 4.51. The van der Waals surface area contributed by atoms with Gasteiger partial charge < -0.3 is 15.1 Å². The first-order valence-corrected chi connectivity index (χ1v) is 10.9. The molecule has 0 radical (unpaired) electrons. The average Bonchev–Trinajstić information content (AvgIpc) is 3.29. The first-order chi connectivity index (χ1) is 14.1. The summed E-state index contributed by atoms with van der Waals surface area (Å²) in [6, 6.07) is 16.4. The molecule has 0 spiro atoms. The molecule has 2 amide bonds. The Kier molecular flexibility index (Phi) is 6.26. The molecule has 0 saturated carbocycles. The van der Waals surface area contributed by atoms with Crippen molar-refractivity contribution in [3.05, 3.63) is 59.1 Å². The predicted octanol–water partition coefficient (Wildman–Crippen LogP) is 4.85. The van der Waals surface area contributed by atoms with Gasteiger partial charge in [-0.25, -0.2) is 4.79 Å². The first-order valence-electron chi connectivity index (χ1n) is 10.5. The monoisotopic (exact) mass is 412 g/mol. The Hall–Kier alpha value is -2.24. The number of nitrogens with one attached hydrogen (secondary N) is 1. The van der Waals surface area contributed by atoms with Crippen molar-refractivity contribution in [1.82, 2.24) is 9.80 Å². The second-order valence-corrected chi connectivity index (χ2v) is 8.27. The van der Waals surface area contributed by atoms with E-state index in [1.807, 2.05) is 41.3 Å². The zero-order valence-corrected chi connectivity index (χ0v) is 17.7. The van der Waals surface area contributed by atoms with Crippen molar-refractivity contribution in [3.8, 4) is 0 Å². The van der Waals surface area contributed by atoms with E-state index in [2.05, 4.69) is 34.2 Å². The van der Waals surface area contributed by atoms with Crippen molar-refractivity contribution < 1.29 is 4.79 Å². The van der Waals surface area contributed by atoms with Crippen molar-refractivity contribution in [3.63, 3.8) is 0 Å². The number of halogens is 1. The minimum absolute atomic E-state index is 0.0123. The molecule has 2 saturated heterocycles. The van der Waals surface area contributed by atoms with Crippen LogP contribution in [0.4, 0.5) is 16.2 Å². The average molecular weight is 413 g/mol. The molecule has 0 aliphatic carbocycles. The molecule has 6 heteroatoms. The lowest BCUT2D eigenvalue weighted by molar-refractivity contribution is 0.119. The van der Waals surface area contributed by atoms with E-state index in [9.17, 15) is 4.79 Å². The van der Waals surface area contributed by atoms with Crippen molar-refractivity contribution in [2.24, 2.45) is 0 Å². The van der Waals surface area contributed by atoms with E-state index < -0.39 is 0 Å². The second-order valence-electron chi connectivity index (χ2n) is 7.86. The Morgan fingerprint density at radius 1 is 0.931 bits per heavy atom. The quantitative estimate of drug-likeness (QED) is 0.780. The van der Waals surface area contributed by atoms with Crippen molar-refractivity contribution in [2.45, 2.75) is 25.8 Å². The summed E-state index contributed by atoms with van der Waals surface area (Å²) in [7, 11) is 0. The molecule has 2 aromatic rings. The van der Waals surface area contributed by atoms with Crippen LogP contribution in [-0.2, 0) is 0 Å². The molecule has 0 unspecified atom stereocenters. The van der Waals surface area contributed by atoms with Crippen LogP contribution in [0.25, 0.3) is 0 Å². The largest absolute Gasteiger partial charge is 0.370 e. The molecule has 4 rings (SSSR count). The molecule has 0 aromatic heterocycles. The molecule has 0 bridgehead atoms. The van der Waals surface area contributed by atoms with E-state index in [4.69, 9.17) is 11.6 Å². The maximum atomic E-state index is 12.9. The topological polar surface area (TPSA) is 38.8 Å². The second kappa shape index (κ2) is 9.06. The smallest absolute Gasteiger partial charge is 0.321 e. The van der Waals surface area contributed by atoms with Crippen LogP contribution in [0, 0.1) is 0 Å². The Labute approximate surface area is 178 Å². The summed E-state index contributed by atoms with van der Waals surface area (Å²) in [6.07, 6.45) is 2.43. The Bertz CT molecular complexity index is 844. The highest BCUT2D eigenvalue weighted by atomic mass is 35.5. The van der Waals surface area contributed by atoms with Gasteiger partial charge in [-0.15, -0.1) is 0 Å². The van der Waals surface area contributed by atoms with E-state index in [-0.39, 0.29) is 12.1 Å². The van der Waals surface area contributed by atoms with Gasteiger partial charge in [0.2, 0.25) is 0 Å². The highest BCUT2D eigenvalue weighted by Crippen LogP contribution is 2.30. The van der Waals surface area contributed by atoms with Crippen LogP contribution in [0.2, 0.25) is 5.02 Å². The third-order valence-electron chi connectivity index (χ3n) is 6.10. The first kappa shape index (κ1) is 20.0. The molecule has 2 heterocycles. The fourth-order valence-electron chi connectivity index (χ4n) is 4.33. The number of amides is 2. The van der Waals surface area contributed by atoms with E-state index >= 15 is 0 Å². The molecule has 2 aliphatic rings. The number of carbonyl (C=O) groups is 1. The molecular weight excluding hydrogens is 384 g/mol. The van der Waals surface area contributed by atoms with Gasteiger partial charge in [0.25, 0.3) is 0 Å². The molecule has 2 aliphatic heterocycles. The number of piperazine rings is 1. The van der Waals surface area contributed by atoms with Crippen LogP contribution in [0.5, 0.6) is 0 Å². The van der Waals surface area contributed by atoms with Crippen molar-refractivity contribution >= 4 is 29.0 Å². The molecule has 154 valence electrons. The van der Waals surface area contributed by atoms with Crippen molar-refractivity contribution in [2.75, 3.05) is 49.5 Å². The molecule has 1 atom stereocenters. The summed E-state index contributed by atoms with van der Waals surface area (Å²) in [6.45, 7) is 7.42. The van der Waals surface area contributed by atoms with E-state index in [1.165, 1.54) is 12.8 Å². The number of rotatable bonds is 4. The summed E-state index contributed by atoms with van der Waals surface area (Å²) in [5, 5.41) is 3.95. The lowest BCUT2D eigenvalue weighted by Gasteiger charge is -2.38. The normalized spacial score (nSPS) is 18.7. The number of anilines is 2. The molecule has 2 fully saturated rings. The minimum Gasteiger partial charge on any atom is -0.370 e. The van der Waals surface area contributed by atoms with Gasteiger partial charge in [0.05, 0.1) is 11.4 Å². The molecule has 2 aromatic carbocycles. The fourth-order valence-corrected chi connectivity index (χ4v) is 4.62. The Morgan fingerprint density at radius 2 is 1.59 bits per heavy atom. The van der Waals surface area contributed by atoms with E-state index in [0.717, 1.165) is 48.1 Å². The summed E-state index contributed by atoms with van der Waals surface area (Å²) in [5.41, 5.74) is 3.18. The van der Waals surface area contributed by atoms with Crippen LogP contribution in [0.15, 0.2) is 48.5 Å². The highest BCUT2D eigenvalue weighted by molar-refractivity contribution is 6.31. The van der Waals surface area contributed by atoms with Crippen LogP contribution >= 0.6 is 11.6 Å². The van der Waals surface area contributed by atoms with Gasteiger partial charge in [-0.05, 0) is 43.5 Å². The number of urea groups is 1. The molecular formula is C23H29ClN4O. The van der Waals surface area contributed by atoms with Crippen molar-refractivity contribution in [1.29, 1.82) is 0 Å². The summed E-state index contributed by atoms with van der Waals surface area (Å²) < 4.78 is 0. The molecule has 29 heavy (non-hydrogen) atoms. The van der Waals surface area contributed by atoms with Gasteiger partial charge in [0.1, 0.15) is 0 Å². The number of hydrogen-bond acceptors (Lipinski definition) is 3. The van der Waals surface area contributed by atoms with E-state index in [1.54, 1.807) is 0 Å². The number of nitrogens with zero attached hydrogens (tertiary/aromatic N) is 3. The Balaban J connectivity index is 1.36. The number of para-hydroxylation sites is 2. The minimum atomic E-state index is -0.0123. The summed E-state index contributed by atoms with van der Waals surface area (Å²) in [4.78, 5) is 19.6. The zero-order valence-electron chi connectivity index (χ0n) is 17.0. The standard InChI is InChI=1S/C23H29ClN4O/c1-18(19-8-2-3-9-20(19)24)26-14-16-28(17-15-26)23(29)25-21-10-4-5-11-22(21)27-12-6-7-13-27/h2-5,8-11,18H,6-7,12-17H2,1H3,(H,25,29)/t18-/m1/s1. The van der Waals surface area contributed by atoms with Gasteiger partial charge in [-0.3, -0.25) is 4.90 Å². The van der Waals surface area contributed by atoms with Crippen LogP contribution in [-0.4, -0.2) is 55.1 Å². The lowest BCUT2D eigenvalue weighted by atomic mass is 10.1. The fraction of sp³-hybridized carbons (Fsp3) is 0.435. The number of hydrogen-bond donors (Lipinski definition) is 1. The molecule has 5 nitrogen and oxygen atoms in total. The van der Waals surface area contributed by atoms with Crippen LogP contribution in [0.3, 0.4) is 0 Å². The highest BCUT2D eigenvalue weighted by Gasteiger charge is 2.26. The van der Waals surface area contributed by atoms with Gasteiger partial charge in [-0.2, -0.15) is 0 Å². The summed E-state index contributed by atoms with van der Waals surface area (Å²) >= 11 is 6.37. The third-order valence-corrected chi connectivity index (χ3v) is 6.44. The lowest BCUT2D eigenvalue weighted by Crippen LogP contribution is -2.50. The van der Waals surface area contributed by atoms with Crippen LogP contribution < -0.4 is 10.2 Å².